The van der Waals surface area contributed by atoms with E-state index in [1.54, 1.807) is 29.6 Å². The number of halogens is 1. The number of carbonyl (C=O) groups is 2. The molecule has 4 N–H and O–H groups in total. The van der Waals surface area contributed by atoms with Crippen molar-refractivity contribution in [2.45, 2.75) is 18.9 Å². The van der Waals surface area contributed by atoms with Crippen LogP contribution in [0, 0.1) is 0 Å². The lowest BCUT2D eigenvalue weighted by atomic mass is 10.2. The molecule has 1 aromatic rings. The molecule has 1 aliphatic rings. The van der Waals surface area contributed by atoms with Crippen molar-refractivity contribution >= 4 is 29.2 Å². The fourth-order valence-corrected chi connectivity index (χ4v) is 2.99. The average Bonchev–Trinajstić information content (AvgIpc) is 2.60. The van der Waals surface area contributed by atoms with Crippen LogP contribution < -0.4 is 20.6 Å². The van der Waals surface area contributed by atoms with Gasteiger partial charge in [0.15, 0.2) is 0 Å². The zero-order chi connectivity index (χ0) is 18.1. The summed E-state index contributed by atoms with van der Waals surface area (Å²) in [6, 6.07) is 5.93. The molecule has 0 aliphatic carbocycles. The molecule has 0 spiro atoms. The molecule has 1 heterocycles. The van der Waals surface area contributed by atoms with Gasteiger partial charge in [-0.1, -0.05) is 23.7 Å². The van der Waals surface area contributed by atoms with Crippen LogP contribution in [0.4, 0.5) is 5.69 Å². The van der Waals surface area contributed by atoms with Crippen molar-refractivity contribution < 1.29 is 29.6 Å². The summed E-state index contributed by atoms with van der Waals surface area (Å²) >= 11 is 5.98. The van der Waals surface area contributed by atoms with Crippen molar-refractivity contribution in [1.29, 1.82) is 0 Å². The van der Waals surface area contributed by atoms with Gasteiger partial charge in [-0.3, -0.25) is 4.79 Å². The van der Waals surface area contributed by atoms with E-state index in [2.05, 4.69) is 5.32 Å². The van der Waals surface area contributed by atoms with Gasteiger partial charge in [-0.2, -0.15) is 0 Å². The highest BCUT2D eigenvalue weighted by molar-refractivity contribution is 6.33. The third-order valence-electron chi connectivity index (χ3n) is 4.24. The second-order valence-electron chi connectivity index (χ2n) is 6.15. The van der Waals surface area contributed by atoms with Crippen LogP contribution in [0.15, 0.2) is 24.3 Å². The molecule has 1 aromatic carbocycles. The molecule has 8 heteroatoms. The predicted molar refractivity (Wildman–Crippen MR) is 91.3 cm³/mol. The summed E-state index contributed by atoms with van der Waals surface area (Å²) in [7, 11) is 0. The van der Waals surface area contributed by atoms with E-state index in [4.69, 9.17) is 16.3 Å². The second kappa shape index (κ2) is 10.4. The second-order valence-corrected chi connectivity index (χ2v) is 6.56. The molecule has 0 radical (unpaired) electrons. The molecule has 1 amide bonds. The molecule has 0 saturated carbocycles. The number of hydrogen-bond donors (Lipinski definition) is 3. The number of quaternary nitrogens is 2. The summed E-state index contributed by atoms with van der Waals surface area (Å²) in [5.74, 6) is -1.62. The normalized spacial score (nSPS) is 16.4. The van der Waals surface area contributed by atoms with Crippen molar-refractivity contribution in [1.82, 2.24) is 0 Å². The van der Waals surface area contributed by atoms with E-state index in [0.717, 1.165) is 39.3 Å². The Bertz CT molecular complexity index is 579. The summed E-state index contributed by atoms with van der Waals surface area (Å²) < 4.78 is 5.31. The van der Waals surface area contributed by atoms with Crippen molar-refractivity contribution in [3.05, 3.63) is 29.3 Å². The molecule has 0 aromatic heterocycles. The van der Waals surface area contributed by atoms with E-state index in [1.165, 1.54) is 4.90 Å². The van der Waals surface area contributed by atoms with Gasteiger partial charge >= 0.3 is 0 Å². The number of hydrogen-bond acceptors (Lipinski definition) is 4. The van der Waals surface area contributed by atoms with Crippen LogP contribution in [0.2, 0.25) is 5.02 Å². The number of amides is 1. The molecular formula is C17H25ClN3O4+. The number of carboxylic acids is 1. The van der Waals surface area contributed by atoms with Gasteiger partial charge in [0.25, 0.3) is 0 Å². The lowest BCUT2D eigenvalue weighted by Gasteiger charge is -2.23. The quantitative estimate of drug-likeness (QED) is 0.424. The Morgan fingerprint density at radius 3 is 2.72 bits per heavy atom. The summed E-state index contributed by atoms with van der Waals surface area (Å²) in [5, 5.41) is 16.0. The van der Waals surface area contributed by atoms with Crippen LogP contribution in [0.3, 0.4) is 0 Å². The monoisotopic (exact) mass is 370 g/mol. The number of nitrogens with one attached hydrogen (secondary N) is 2. The molecule has 0 unspecified atom stereocenters. The van der Waals surface area contributed by atoms with Crippen molar-refractivity contribution in [3.63, 3.8) is 0 Å². The largest absolute Gasteiger partial charge is 0.544 e. The zero-order valence-corrected chi connectivity index (χ0v) is 14.9. The topological polar surface area (TPSA) is 99.5 Å². The van der Waals surface area contributed by atoms with Crippen molar-refractivity contribution in [2.75, 3.05) is 44.7 Å². The van der Waals surface area contributed by atoms with Crippen LogP contribution in [0.1, 0.15) is 12.8 Å². The number of aliphatic carboxylic acids is 1. The molecule has 2 rings (SSSR count). The summed E-state index contributed by atoms with van der Waals surface area (Å²) in [6.07, 6.45) is 0.725. The number of anilines is 1. The maximum absolute atomic E-state index is 12.1. The van der Waals surface area contributed by atoms with Crippen LogP contribution in [-0.4, -0.2) is 57.3 Å². The third kappa shape index (κ3) is 6.99. The lowest BCUT2D eigenvalue weighted by Crippen LogP contribution is -3.14. The first-order valence-corrected chi connectivity index (χ1v) is 8.94. The first kappa shape index (κ1) is 19.7. The van der Waals surface area contributed by atoms with Gasteiger partial charge in [-0.25, -0.2) is 0 Å². The van der Waals surface area contributed by atoms with E-state index >= 15 is 0 Å². The predicted octanol–water partition coefficient (Wildman–Crippen LogP) is -2.34. The number of ether oxygens (including phenoxy) is 1. The van der Waals surface area contributed by atoms with Gasteiger partial charge in [0.2, 0.25) is 5.91 Å². The lowest BCUT2D eigenvalue weighted by molar-refractivity contribution is -0.909. The van der Waals surface area contributed by atoms with Gasteiger partial charge in [0, 0.05) is 6.42 Å². The summed E-state index contributed by atoms with van der Waals surface area (Å²) in [5.41, 5.74) is 0.474. The maximum Gasteiger partial charge on any atom is 0.230 e. The maximum atomic E-state index is 12.1. The average molecular weight is 371 g/mol. The number of benzene rings is 1. The molecule has 1 atom stereocenters. The van der Waals surface area contributed by atoms with Crippen LogP contribution in [0.5, 0.6) is 0 Å². The van der Waals surface area contributed by atoms with Gasteiger partial charge < -0.3 is 30.2 Å². The highest BCUT2D eigenvalue weighted by Gasteiger charge is 2.19. The standard InChI is InChI=1S/C17H24ClN3O4/c18-13-4-1-2-5-14(13)20-16(22)12-15(17(23)24)19-6-3-7-21-8-10-25-11-9-21/h1-2,4-5,15,19H,3,6-12H2,(H,20,22)(H,23,24)/p+1/t15-/m0/s1. The smallest absolute Gasteiger partial charge is 0.230 e. The SMILES string of the molecule is O=C(C[C@H]([NH2+]CCC[NH+]1CCOCC1)C(=O)[O-])Nc1ccccc1Cl. The Balaban J connectivity index is 1.73. The first-order valence-electron chi connectivity index (χ1n) is 8.56. The Hall–Kier alpha value is -1.67. The Labute approximate surface area is 152 Å². The number of morpholine rings is 1. The van der Waals surface area contributed by atoms with Gasteiger partial charge in [-0.15, -0.1) is 0 Å². The van der Waals surface area contributed by atoms with Crippen molar-refractivity contribution in [2.24, 2.45) is 0 Å². The van der Waals surface area contributed by atoms with Crippen LogP contribution in [-0.2, 0) is 14.3 Å². The van der Waals surface area contributed by atoms with E-state index < -0.39 is 17.9 Å². The molecule has 25 heavy (non-hydrogen) atoms. The molecule has 7 nitrogen and oxygen atoms in total. The van der Waals surface area contributed by atoms with Gasteiger partial charge in [-0.05, 0) is 12.1 Å². The fourth-order valence-electron chi connectivity index (χ4n) is 2.81. The highest BCUT2D eigenvalue weighted by Crippen LogP contribution is 2.20. The molecule has 1 fully saturated rings. The van der Waals surface area contributed by atoms with E-state index in [9.17, 15) is 14.7 Å². The zero-order valence-electron chi connectivity index (χ0n) is 14.1. The molecule has 1 aliphatic heterocycles. The Morgan fingerprint density at radius 2 is 2.04 bits per heavy atom. The van der Waals surface area contributed by atoms with E-state index in [1.807, 2.05) is 0 Å². The van der Waals surface area contributed by atoms with Gasteiger partial charge in [0.05, 0.1) is 49.4 Å². The minimum absolute atomic E-state index is 0.155. The van der Waals surface area contributed by atoms with Crippen LogP contribution >= 0.6 is 11.6 Å². The van der Waals surface area contributed by atoms with Crippen LogP contribution in [0.25, 0.3) is 0 Å². The Kier molecular flexibility index (Phi) is 8.14. The summed E-state index contributed by atoms with van der Waals surface area (Å²) in [6.45, 7) is 5.16. The number of nitrogens with two attached hydrogens (primary N) is 1. The minimum Gasteiger partial charge on any atom is -0.544 e. The number of carboxylic acid groups (broad SMARTS) is 1. The summed E-state index contributed by atoms with van der Waals surface area (Å²) in [4.78, 5) is 24.8. The molecule has 0 bridgehead atoms. The molecule has 138 valence electrons. The number of carbonyl (C=O) groups excluding carboxylic acids is 2. The first-order chi connectivity index (χ1) is 12.1. The van der Waals surface area contributed by atoms with E-state index in [0.29, 0.717) is 17.3 Å². The van der Waals surface area contributed by atoms with E-state index in [-0.39, 0.29) is 6.42 Å². The van der Waals surface area contributed by atoms with Crippen molar-refractivity contribution in [3.8, 4) is 0 Å². The molecular weight excluding hydrogens is 346 g/mol. The third-order valence-corrected chi connectivity index (χ3v) is 4.57. The number of rotatable bonds is 9. The molecule has 1 saturated heterocycles. The van der Waals surface area contributed by atoms with Gasteiger partial charge in [0.1, 0.15) is 19.1 Å². The Morgan fingerprint density at radius 1 is 1.32 bits per heavy atom. The number of para-hydroxylation sites is 1. The highest BCUT2D eigenvalue weighted by atomic mass is 35.5. The fraction of sp³-hybridized carbons (Fsp3) is 0.529. The minimum atomic E-state index is -1.23.